The smallest absolute Gasteiger partial charge is 0.124 e. The van der Waals surface area contributed by atoms with Crippen LogP contribution in [0.25, 0.3) is 0 Å². The minimum Gasteiger partial charge on any atom is -0.348 e. The van der Waals surface area contributed by atoms with Crippen molar-refractivity contribution >= 4 is 34.7 Å². The Bertz CT molecular complexity index is 338. The summed E-state index contributed by atoms with van der Waals surface area (Å²) in [5.74, 6) is 0.544. The van der Waals surface area contributed by atoms with Crippen LogP contribution >= 0.6 is 24.0 Å². The average molecular weight is 199 g/mol. The number of thiocarbonyl (C=S) groups is 1. The highest BCUT2D eigenvalue weighted by molar-refractivity contribution is 8.01. The van der Waals surface area contributed by atoms with Gasteiger partial charge in [-0.3, -0.25) is 0 Å². The van der Waals surface area contributed by atoms with Crippen LogP contribution in [0.5, 0.6) is 0 Å². The predicted octanol–water partition coefficient (Wildman–Crippen LogP) is 2.67. The first-order valence-electron chi connectivity index (χ1n) is 3.48. The van der Waals surface area contributed by atoms with E-state index in [4.69, 9.17) is 12.2 Å². The first-order chi connectivity index (χ1) is 5.75. The fourth-order valence-electron chi connectivity index (χ4n) is 1.05. The lowest BCUT2D eigenvalue weighted by Gasteiger charge is -2.17. The molecule has 0 atom stereocenters. The van der Waals surface area contributed by atoms with Crippen LogP contribution in [0.2, 0.25) is 0 Å². The van der Waals surface area contributed by atoms with Crippen LogP contribution in [0.3, 0.4) is 0 Å². The minimum absolute atomic E-state index is 0.198. The molecule has 0 aliphatic carbocycles. The minimum atomic E-state index is -0.198. The number of anilines is 1. The van der Waals surface area contributed by atoms with E-state index in [1.807, 2.05) is 0 Å². The van der Waals surface area contributed by atoms with Crippen LogP contribution in [-0.4, -0.2) is 10.7 Å². The summed E-state index contributed by atoms with van der Waals surface area (Å²) in [5.41, 5.74) is 0.914. The van der Waals surface area contributed by atoms with Gasteiger partial charge in [0, 0.05) is 10.6 Å². The Labute approximate surface area is 79.4 Å². The molecule has 0 fully saturated rings. The van der Waals surface area contributed by atoms with Gasteiger partial charge in [-0.05, 0) is 18.2 Å². The SMILES string of the molecule is Fc1ccc2c(c1)SCC(=S)N2. The highest BCUT2D eigenvalue weighted by atomic mass is 32.2. The fraction of sp³-hybridized carbons (Fsp3) is 0.125. The van der Waals surface area contributed by atoms with E-state index in [-0.39, 0.29) is 5.82 Å². The van der Waals surface area contributed by atoms with Gasteiger partial charge in [0.15, 0.2) is 0 Å². The molecule has 2 rings (SSSR count). The predicted molar refractivity (Wildman–Crippen MR) is 53.3 cm³/mol. The molecule has 1 aliphatic heterocycles. The van der Waals surface area contributed by atoms with Gasteiger partial charge in [0.25, 0.3) is 0 Å². The Morgan fingerprint density at radius 1 is 1.50 bits per heavy atom. The van der Waals surface area contributed by atoms with Crippen molar-refractivity contribution in [2.75, 3.05) is 11.1 Å². The Hall–Kier alpha value is -0.610. The monoisotopic (exact) mass is 199 g/mol. The van der Waals surface area contributed by atoms with E-state index in [0.29, 0.717) is 0 Å². The first-order valence-corrected chi connectivity index (χ1v) is 4.87. The molecule has 1 nitrogen and oxygen atoms in total. The van der Waals surface area contributed by atoms with E-state index in [1.54, 1.807) is 17.8 Å². The van der Waals surface area contributed by atoms with Crippen molar-refractivity contribution in [2.24, 2.45) is 0 Å². The van der Waals surface area contributed by atoms with Crippen molar-refractivity contribution in [1.29, 1.82) is 0 Å². The number of nitrogens with one attached hydrogen (secondary N) is 1. The molecule has 4 heteroatoms. The maximum atomic E-state index is 12.7. The van der Waals surface area contributed by atoms with Gasteiger partial charge in [0.2, 0.25) is 0 Å². The van der Waals surface area contributed by atoms with Crippen molar-refractivity contribution in [3.05, 3.63) is 24.0 Å². The number of hydrogen-bond acceptors (Lipinski definition) is 2. The highest BCUT2D eigenvalue weighted by Gasteiger charge is 2.12. The second-order valence-electron chi connectivity index (χ2n) is 2.48. The zero-order valence-corrected chi connectivity index (χ0v) is 7.77. The quantitative estimate of drug-likeness (QED) is 0.645. The van der Waals surface area contributed by atoms with Gasteiger partial charge in [0.05, 0.1) is 10.7 Å². The molecule has 1 aliphatic rings. The Morgan fingerprint density at radius 3 is 3.17 bits per heavy atom. The van der Waals surface area contributed by atoms with Gasteiger partial charge in [0.1, 0.15) is 5.82 Å². The topological polar surface area (TPSA) is 12.0 Å². The molecule has 62 valence electrons. The molecule has 0 saturated carbocycles. The molecule has 0 unspecified atom stereocenters. The maximum absolute atomic E-state index is 12.7. The molecule has 0 radical (unpaired) electrons. The zero-order valence-electron chi connectivity index (χ0n) is 6.13. The van der Waals surface area contributed by atoms with E-state index in [9.17, 15) is 4.39 Å². The second-order valence-corrected chi connectivity index (χ2v) is 3.99. The lowest BCUT2D eigenvalue weighted by atomic mass is 10.3. The molecule has 0 amide bonds. The highest BCUT2D eigenvalue weighted by Crippen LogP contribution is 2.31. The van der Waals surface area contributed by atoms with E-state index in [1.165, 1.54) is 12.1 Å². The molecule has 12 heavy (non-hydrogen) atoms. The third kappa shape index (κ3) is 1.44. The molecule has 0 bridgehead atoms. The standard InChI is InChI=1S/C8H6FNS2/c9-5-1-2-6-7(3-5)12-4-8(11)10-6/h1-3H,4H2,(H,10,11). The van der Waals surface area contributed by atoms with Crippen LogP contribution in [0.15, 0.2) is 23.1 Å². The second kappa shape index (κ2) is 3.03. The van der Waals surface area contributed by atoms with Gasteiger partial charge < -0.3 is 5.32 Å². The summed E-state index contributed by atoms with van der Waals surface area (Å²) < 4.78 is 12.7. The number of rotatable bonds is 0. The summed E-state index contributed by atoms with van der Waals surface area (Å²) >= 11 is 6.56. The van der Waals surface area contributed by atoms with Crippen LogP contribution in [0, 0.1) is 5.82 Å². The Balaban J connectivity index is 2.43. The summed E-state index contributed by atoms with van der Waals surface area (Å²) in [6, 6.07) is 4.66. The lowest BCUT2D eigenvalue weighted by molar-refractivity contribution is 0.624. The van der Waals surface area contributed by atoms with Crippen LogP contribution < -0.4 is 5.32 Å². The zero-order chi connectivity index (χ0) is 8.55. The normalized spacial score (nSPS) is 15.2. The lowest BCUT2D eigenvalue weighted by Crippen LogP contribution is -2.16. The van der Waals surface area contributed by atoms with Gasteiger partial charge in [-0.2, -0.15) is 0 Å². The van der Waals surface area contributed by atoms with Crippen molar-refractivity contribution in [1.82, 2.24) is 0 Å². The van der Waals surface area contributed by atoms with Crippen LogP contribution in [0.4, 0.5) is 10.1 Å². The summed E-state index contributed by atoms with van der Waals surface area (Å²) in [5, 5.41) is 3.03. The number of benzene rings is 1. The summed E-state index contributed by atoms with van der Waals surface area (Å²) in [7, 11) is 0. The molecule has 0 saturated heterocycles. The van der Waals surface area contributed by atoms with Gasteiger partial charge in [-0.1, -0.05) is 12.2 Å². The van der Waals surface area contributed by atoms with E-state index < -0.39 is 0 Å². The molecule has 1 N–H and O–H groups in total. The largest absolute Gasteiger partial charge is 0.348 e. The van der Waals surface area contributed by atoms with Crippen molar-refractivity contribution < 1.29 is 4.39 Å². The van der Waals surface area contributed by atoms with E-state index in [2.05, 4.69) is 5.32 Å². The summed E-state index contributed by atoms with van der Waals surface area (Å²) in [4.78, 5) is 1.74. The molecular formula is C8H6FNS2. The third-order valence-corrected chi connectivity index (χ3v) is 3.09. The van der Waals surface area contributed by atoms with Crippen molar-refractivity contribution in [2.45, 2.75) is 4.90 Å². The number of halogens is 1. The Morgan fingerprint density at radius 2 is 2.33 bits per heavy atom. The van der Waals surface area contributed by atoms with Crippen LogP contribution in [0.1, 0.15) is 0 Å². The third-order valence-electron chi connectivity index (χ3n) is 1.58. The van der Waals surface area contributed by atoms with Gasteiger partial charge in [-0.25, -0.2) is 4.39 Å². The van der Waals surface area contributed by atoms with Gasteiger partial charge in [-0.15, -0.1) is 11.8 Å². The average Bonchev–Trinajstić information content (AvgIpc) is 2.05. The molecule has 1 heterocycles. The Kier molecular flexibility index (Phi) is 2.02. The number of fused-ring (bicyclic) bond motifs is 1. The molecule has 0 aromatic heterocycles. The molecule has 1 aromatic rings. The number of hydrogen-bond donors (Lipinski definition) is 1. The summed E-state index contributed by atoms with van der Waals surface area (Å²) in [6.45, 7) is 0. The van der Waals surface area contributed by atoms with E-state index in [0.717, 1.165) is 21.3 Å². The fourth-order valence-corrected chi connectivity index (χ4v) is 2.16. The van der Waals surface area contributed by atoms with Crippen molar-refractivity contribution in [3.8, 4) is 0 Å². The van der Waals surface area contributed by atoms with E-state index >= 15 is 0 Å². The first kappa shape index (κ1) is 8.01. The van der Waals surface area contributed by atoms with Crippen LogP contribution in [-0.2, 0) is 0 Å². The molecule has 1 aromatic carbocycles. The maximum Gasteiger partial charge on any atom is 0.124 e. The van der Waals surface area contributed by atoms with Gasteiger partial charge >= 0.3 is 0 Å². The number of thioether (sulfide) groups is 1. The summed E-state index contributed by atoms with van der Waals surface area (Å²) in [6.07, 6.45) is 0. The molecule has 0 spiro atoms. The molecular weight excluding hydrogens is 193 g/mol. The van der Waals surface area contributed by atoms with Crippen molar-refractivity contribution in [3.63, 3.8) is 0 Å².